The van der Waals surface area contributed by atoms with E-state index in [0.29, 0.717) is 13.0 Å². The standard InChI is InChI=1S/C13H15FN2O4/c1-13(12(17)18)6-2-3-7-15(13)10-5-4-9(14)8-11(10)16(19)20/h4-5,8H,2-3,6-7H2,1H3,(H,17,18). The summed E-state index contributed by atoms with van der Waals surface area (Å²) in [6.07, 6.45) is 1.89. The molecule has 0 bridgehead atoms. The first kappa shape index (κ1) is 14.2. The first-order valence-electron chi connectivity index (χ1n) is 6.31. The molecule has 1 aliphatic heterocycles. The van der Waals surface area contributed by atoms with E-state index in [1.54, 1.807) is 6.92 Å². The number of hydrogen-bond donors (Lipinski definition) is 1. The highest BCUT2D eigenvalue weighted by molar-refractivity contribution is 5.85. The van der Waals surface area contributed by atoms with Crippen LogP contribution in [0.3, 0.4) is 0 Å². The van der Waals surface area contributed by atoms with Crippen LogP contribution < -0.4 is 4.90 Å². The van der Waals surface area contributed by atoms with Crippen molar-refractivity contribution in [2.45, 2.75) is 31.7 Å². The van der Waals surface area contributed by atoms with Crippen LogP contribution in [0.2, 0.25) is 0 Å². The van der Waals surface area contributed by atoms with Gasteiger partial charge in [0.15, 0.2) is 0 Å². The summed E-state index contributed by atoms with van der Waals surface area (Å²) < 4.78 is 13.2. The molecule has 0 spiro atoms. The minimum atomic E-state index is -1.21. The van der Waals surface area contributed by atoms with E-state index < -0.39 is 27.9 Å². The number of aliphatic carboxylic acids is 1. The Balaban J connectivity index is 2.53. The SMILES string of the molecule is CC1(C(=O)O)CCCCN1c1ccc(F)cc1[N+](=O)[O-]. The van der Waals surface area contributed by atoms with Gasteiger partial charge in [-0.1, -0.05) is 0 Å². The van der Waals surface area contributed by atoms with E-state index in [1.807, 2.05) is 0 Å². The molecule has 1 aromatic rings. The molecule has 108 valence electrons. The smallest absolute Gasteiger partial charge is 0.329 e. The molecule has 0 radical (unpaired) electrons. The number of rotatable bonds is 3. The normalized spacial score (nSPS) is 22.6. The number of anilines is 1. The number of nitrogens with zero attached hydrogens (tertiary/aromatic N) is 2. The van der Waals surface area contributed by atoms with E-state index in [9.17, 15) is 24.4 Å². The summed E-state index contributed by atoms with van der Waals surface area (Å²) >= 11 is 0. The summed E-state index contributed by atoms with van der Waals surface area (Å²) in [5.74, 6) is -1.75. The average Bonchev–Trinajstić information content (AvgIpc) is 2.39. The molecular formula is C13H15FN2O4. The third kappa shape index (κ3) is 2.31. The van der Waals surface area contributed by atoms with Crippen molar-refractivity contribution in [3.8, 4) is 0 Å². The van der Waals surface area contributed by atoms with Crippen molar-refractivity contribution in [1.82, 2.24) is 0 Å². The van der Waals surface area contributed by atoms with Crippen molar-refractivity contribution in [3.05, 3.63) is 34.1 Å². The molecule has 2 rings (SSSR count). The van der Waals surface area contributed by atoms with Gasteiger partial charge in [-0.05, 0) is 38.3 Å². The first-order chi connectivity index (χ1) is 9.36. The molecule has 6 nitrogen and oxygen atoms in total. The summed E-state index contributed by atoms with van der Waals surface area (Å²) in [6, 6.07) is 3.21. The van der Waals surface area contributed by atoms with Gasteiger partial charge >= 0.3 is 5.97 Å². The molecule has 1 aliphatic rings. The Kier molecular flexibility index (Phi) is 3.61. The van der Waals surface area contributed by atoms with Crippen LogP contribution in [0.4, 0.5) is 15.8 Å². The van der Waals surface area contributed by atoms with Crippen molar-refractivity contribution in [2.24, 2.45) is 0 Å². The number of nitro groups is 1. The molecule has 7 heteroatoms. The zero-order valence-corrected chi connectivity index (χ0v) is 11.0. The van der Waals surface area contributed by atoms with Crippen molar-refractivity contribution >= 4 is 17.3 Å². The van der Waals surface area contributed by atoms with Crippen LogP contribution in [-0.4, -0.2) is 28.1 Å². The molecule has 0 amide bonds. The van der Waals surface area contributed by atoms with Crippen molar-refractivity contribution in [3.63, 3.8) is 0 Å². The van der Waals surface area contributed by atoms with Crippen LogP contribution in [-0.2, 0) is 4.79 Å². The van der Waals surface area contributed by atoms with Gasteiger partial charge in [0.05, 0.1) is 11.0 Å². The van der Waals surface area contributed by atoms with Crippen LogP contribution in [0.1, 0.15) is 26.2 Å². The predicted octanol–water partition coefficient (Wildman–Crippen LogP) is 2.57. The van der Waals surface area contributed by atoms with Crippen molar-refractivity contribution in [1.29, 1.82) is 0 Å². The lowest BCUT2D eigenvalue weighted by molar-refractivity contribution is -0.384. The van der Waals surface area contributed by atoms with Crippen LogP contribution in [0.15, 0.2) is 18.2 Å². The summed E-state index contributed by atoms with van der Waals surface area (Å²) in [5, 5.41) is 20.5. The number of carboxylic acids is 1. The monoisotopic (exact) mass is 282 g/mol. The van der Waals surface area contributed by atoms with Gasteiger partial charge in [0, 0.05) is 6.54 Å². The first-order valence-corrected chi connectivity index (χ1v) is 6.31. The second kappa shape index (κ2) is 5.07. The molecule has 20 heavy (non-hydrogen) atoms. The number of nitro benzene ring substituents is 1. The minimum Gasteiger partial charge on any atom is -0.480 e. The minimum absolute atomic E-state index is 0.154. The summed E-state index contributed by atoms with van der Waals surface area (Å²) in [6.45, 7) is 1.94. The molecular weight excluding hydrogens is 267 g/mol. The van der Waals surface area contributed by atoms with Crippen molar-refractivity contribution in [2.75, 3.05) is 11.4 Å². The average molecular weight is 282 g/mol. The van der Waals surface area contributed by atoms with E-state index in [0.717, 1.165) is 25.0 Å². The maximum atomic E-state index is 13.2. The topological polar surface area (TPSA) is 83.7 Å². The van der Waals surface area contributed by atoms with E-state index in [-0.39, 0.29) is 5.69 Å². The summed E-state index contributed by atoms with van der Waals surface area (Å²) in [5.41, 5.74) is -1.46. The fourth-order valence-electron chi connectivity index (χ4n) is 2.60. The molecule has 1 atom stereocenters. The number of carbonyl (C=O) groups is 1. The van der Waals surface area contributed by atoms with Crippen LogP contribution in [0, 0.1) is 15.9 Å². The quantitative estimate of drug-likeness (QED) is 0.680. The molecule has 1 aromatic carbocycles. The molecule has 1 fully saturated rings. The Hall–Kier alpha value is -2.18. The number of piperidine rings is 1. The predicted molar refractivity (Wildman–Crippen MR) is 70.3 cm³/mol. The highest BCUT2D eigenvalue weighted by Crippen LogP contribution is 2.38. The van der Waals surface area contributed by atoms with E-state index in [2.05, 4.69) is 0 Å². The van der Waals surface area contributed by atoms with Crippen LogP contribution >= 0.6 is 0 Å². The van der Waals surface area contributed by atoms with Gasteiger partial charge in [-0.25, -0.2) is 9.18 Å². The van der Waals surface area contributed by atoms with E-state index >= 15 is 0 Å². The van der Waals surface area contributed by atoms with Gasteiger partial charge < -0.3 is 10.0 Å². The maximum absolute atomic E-state index is 13.2. The highest BCUT2D eigenvalue weighted by atomic mass is 19.1. The lowest BCUT2D eigenvalue weighted by Crippen LogP contribution is -2.55. The lowest BCUT2D eigenvalue weighted by atomic mass is 9.87. The van der Waals surface area contributed by atoms with Gasteiger partial charge in [-0.3, -0.25) is 10.1 Å². The highest BCUT2D eigenvalue weighted by Gasteiger charge is 2.43. The zero-order chi connectivity index (χ0) is 14.9. The molecule has 1 heterocycles. The van der Waals surface area contributed by atoms with Crippen LogP contribution in [0.5, 0.6) is 0 Å². The number of benzene rings is 1. The fourth-order valence-corrected chi connectivity index (χ4v) is 2.60. The molecule has 1 unspecified atom stereocenters. The fraction of sp³-hybridized carbons (Fsp3) is 0.462. The van der Waals surface area contributed by atoms with Gasteiger partial charge in [0.25, 0.3) is 5.69 Å². The van der Waals surface area contributed by atoms with Gasteiger partial charge in [-0.15, -0.1) is 0 Å². The summed E-state index contributed by atoms with van der Waals surface area (Å²) in [4.78, 5) is 23.4. The summed E-state index contributed by atoms with van der Waals surface area (Å²) in [7, 11) is 0. The second-order valence-electron chi connectivity index (χ2n) is 5.08. The molecule has 0 aromatic heterocycles. The Labute approximate surface area is 115 Å². The third-order valence-corrected chi connectivity index (χ3v) is 3.78. The van der Waals surface area contributed by atoms with E-state index in [1.165, 1.54) is 11.0 Å². The number of carboxylic acid groups (broad SMARTS) is 1. The van der Waals surface area contributed by atoms with E-state index in [4.69, 9.17) is 0 Å². The Bertz CT molecular complexity index is 563. The molecule has 1 N–H and O–H groups in total. The molecule has 0 aliphatic carbocycles. The Morgan fingerprint density at radius 2 is 2.20 bits per heavy atom. The largest absolute Gasteiger partial charge is 0.480 e. The Morgan fingerprint density at radius 3 is 2.80 bits per heavy atom. The van der Waals surface area contributed by atoms with Crippen LogP contribution in [0.25, 0.3) is 0 Å². The maximum Gasteiger partial charge on any atom is 0.329 e. The van der Waals surface area contributed by atoms with Crippen molar-refractivity contribution < 1.29 is 19.2 Å². The van der Waals surface area contributed by atoms with Gasteiger partial charge in [-0.2, -0.15) is 0 Å². The second-order valence-corrected chi connectivity index (χ2v) is 5.08. The van der Waals surface area contributed by atoms with Gasteiger partial charge in [0.2, 0.25) is 0 Å². The number of hydrogen-bond acceptors (Lipinski definition) is 4. The zero-order valence-electron chi connectivity index (χ0n) is 11.0. The molecule has 0 saturated carbocycles. The third-order valence-electron chi connectivity index (χ3n) is 3.78. The lowest BCUT2D eigenvalue weighted by Gasteiger charge is -2.42. The molecule has 1 saturated heterocycles. The van der Waals surface area contributed by atoms with Gasteiger partial charge in [0.1, 0.15) is 17.0 Å². The Morgan fingerprint density at radius 1 is 1.50 bits per heavy atom. The number of halogens is 1.